The quantitative estimate of drug-likeness (QED) is 0.781. The van der Waals surface area contributed by atoms with Gasteiger partial charge in [-0.2, -0.15) is 0 Å². The Hall–Kier alpha value is -2.99. The van der Waals surface area contributed by atoms with Gasteiger partial charge in [0.2, 0.25) is 0 Å². The first-order valence-electron chi connectivity index (χ1n) is 8.75. The summed E-state index contributed by atoms with van der Waals surface area (Å²) < 4.78 is 5.50. The summed E-state index contributed by atoms with van der Waals surface area (Å²) >= 11 is 0. The Labute approximate surface area is 152 Å². The van der Waals surface area contributed by atoms with Crippen LogP contribution in [0.2, 0.25) is 0 Å². The molecule has 6 heteroatoms. The van der Waals surface area contributed by atoms with E-state index in [1.54, 1.807) is 6.20 Å². The zero-order valence-electron chi connectivity index (χ0n) is 14.5. The van der Waals surface area contributed by atoms with Gasteiger partial charge in [-0.3, -0.25) is 4.98 Å². The smallest absolute Gasteiger partial charge is 0.182 e. The van der Waals surface area contributed by atoms with Gasteiger partial charge in [0.05, 0.1) is 13.2 Å². The van der Waals surface area contributed by atoms with E-state index in [-0.39, 0.29) is 0 Å². The van der Waals surface area contributed by atoms with Crippen LogP contribution in [-0.4, -0.2) is 41.3 Å². The standard InChI is InChI=1S/C20H21N5O/c21-18-16(14-15-6-2-1-3-7-15)20(25-10-12-26-13-11-25)24-19(23-18)17-8-4-5-9-22-17/h1-9H,10-14H2,(H2,21,23,24). The van der Waals surface area contributed by atoms with Crippen molar-refractivity contribution in [3.05, 3.63) is 65.9 Å². The second-order valence-corrected chi connectivity index (χ2v) is 6.21. The van der Waals surface area contributed by atoms with Crippen LogP contribution in [0.3, 0.4) is 0 Å². The van der Waals surface area contributed by atoms with Gasteiger partial charge in [0.1, 0.15) is 17.3 Å². The summed E-state index contributed by atoms with van der Waals surface area (Å²) in [6, 6.07) is 16.0. The highest BCUT2D eigenvalue weighted by Gasteiger charge is 2.21. The lowest BCUT2D eigenvalue weighted by molar-refractivity contribution is 0.122. The number of rotatable bonds is 4. The van der Waals surface area contributed by atoms with Crippen LogP contribution in [0.1, 0.15) is 11.1 Å². The van der Waals surface area contributed by atoms with E-state index in [1.807, 2.05) is 36.4 Å². The normalized spacial score (nSPS) is 14.4. The van der Waals surface area contributed by atoms with Gasteiger partial charge in [0.15, 0.2) is 5.82 Å². The second kappa shape index (κ2) is 7.49. The third-order valence-corrected chi connectivity index (χ3v) is 4.45. The van der Waals surface area contributed by atoms with Crippen molar-refractivity contribution in [1.82, 2.24) is 15.0 Å². The minimum Gasteiger partial charge on any atom is -0.383 e. The predicted octanol–water partition coefficient (Wildman–Crippen LogP) is 2.55. The number of ether oxygens (including phenoxy) is 1. The Kier molecular flexibility index (Phi) is 4.75. The number of nitrogen functional groups attached to an aromatic ring is 1. The van der Waals surface area contributed by atoms with Gasteiger partial charge < -0.3 is 15.4 Å². The van der Waals surface area contributed by atoms with Crippen LogP contribution in [0, 0.1) is 0 Å². The third kappa shape index (κ3) is 3.50. The van der Waals surface area contributed by atoms with Crippen LogP contribution in [0.15, 0.2) is 54.7 Å². The second-order valence-electron chi connectivity index (χ2n) is 6.21. The van der Waals surface area contributed by atoms with Crippen molar-refractivity contribution in [1.29, 1.82) is 0 Å². The molecule has 132 valence electrons. The Bertz CT molecular complexity index is 864. The van der Waals surface area contributed by atoms with Gasteiger partial charge >= 0.3 is 0 Å². The van der Waals surface area contributed by atoms with Crippen molar-refractivity contribution in [2.45, 2.75) is 6.42 Å². The molecule has 1 aromatic carbocycles. The molecular formula is C20H21N5O. The molecule has 1 saturated heterocycles. The van der Waals surface area contributed by atoms with Crippen LogP contribution in [0.5, 0.6) is 0 Å². The molecule has 0 radical (unpaired) electrons. The maximum atomic E-state index is 6.38. The molecule has 0 bridgehead atoms. The van der Waals surface area contributed by atoms with Crippen LogP contribution >= 0.6 is 0 Å². The fourth-order valence-corrected chi connectivity index (χ4v) is 3.10. The molecule has 2 aromatic heterocycles. The summed E-state index contributed by atoms with van der Waals surface area (Å²) in [7, 11) is 0. The van der Waals surface area contributed by atoms with Crippen molar-refractivity contribution < 1.29 is 4.74 Å². The Morgan fingerprint density at radius 1 is 0.962 bits per heavy atom. The minimum absolute atomic E-state index is 0.506. The molecule has 6 nitrogen and oxygen atoms in total. The van der Waals surface area contributed by atoms with Gasteiger partial charge in [-0.25, -0.2) is 9.97 Å². The number of aromatic nitrogens is 3. The van der Waals surface area contributed by atoms with Crippen LogP contribution in [0.25, 0.3) is 11.5 Å². The molecule has 2 N–H and O–H groups in total. The van der Waals surface area contributed by atoms with E-state index in [2.05, 4.69) is 27.0 Å². The lowest BCUT2D eigenvalue weighted by Crippen LogP contribution is -2.37. The molecule has 4 rings (SSSR count). The van der Waals surface area contributed by atoms with Crippen LogP contribution in [-0.2, 0) is 11.2 Å². The van der Waals surface area contributed by atoms with Gasteiger partial charge in [0, 0.05) is 31.3 Å². The number of morpholine rings is 1. The number of hydrogen-bond donors (Lipinski definition) is 1. The maximum Gasteiger partial charge on any atom is 0.182 e. The van der Waals surface area contributed by atoms with E-state index < -0.39 is 0 Å². The van der Waals surface area contributed by atoms with Crippen molar-refractivity contribution in [3.63, 3.8) is 0 Å². The Morgan fingerprint density at radius 2 is 1.73 bits per heavy atom. The zero-order valence-corrected chi connectivity index (χ0v) is 14.5. The highest BCUT2D eigenvalue weighted by Crippen LogP contribution is 2.29. The largest absolute Gasteiger partial charge is 0.383 e. The average Bonchev–Trinajstić information content (AvgIpc) is 2.71. The number of pyridine rings is 1. The van der Waals surface area contributed by atoms with Crippen molar-refractivity contribution in [2.24, 2.45) is 0 Å². The SMILES string of the molecule is Nc1nc(-c2ccccn2)nc(N2CCOCC2)c1Cc1ccccc1. The summed E-state index contributed by atoms with van der Waals surface area (Å²) in [6.45, 7) is 2.96. The maximum absolute atomic E-state index is 6.38. The van der Waals surface area contributed by atoms with E-state index in [4.69, 9.17) is 15.5 Å². The molecule has 3 heterocycles. The fraction of sp³-hybridized carbons (Fsp3) is 0.250. The van der Waals surface area contributed by atoms with Crippen LogP contribution < -0.4 is 10.6 Å². The van der Waals surface area contributed by atoms with E-state index in [1.165, 1.54) is 5.56 Å². The summed E-state index contributed by atoms with van der Waals surface area (Å²) in [5.74, 6) is 1.94. The van der Waals surface area contributed by atoms with Gasteiger partial charge in [-0.1, -0.05) is 36.4 Å². The van der Waals surface area contributed by atoms with E-state index in [0.717, 1.165) is 30.2 Å². The average molecular weight is 347 g/mol. The molecule has 0 amide bonds. The number of anilines is 2. The number of nitrogens with zero attached hydrogens (tertiary/aromatic N) is 4. The predicted molar refractivity (Wildman–Crippen MR) is 102 cm³/mol. The van der Waals surface area contributed by atoms with Crippen molar-refractivity contribution >= 4 is 11.6 Å². The highest BCUT2D eigenvalue weighted by molar-refractivity contribution is 5.64. The number of benzene rings is 1. The molecule has 1 fully saturated rings. The molecule has 0 spiro atoms. The lowest BCUT2D eigenvalue weighted by Gasteiger charge is -2.30. The molecular weight excluding hydrogens is 326 g/mol. The first kappa shape index (κ1) is 16.5. The van der Waals surface area contributed by atoms with Gasteiger partial charge in [0.25, 0.3) is 0 Å². The van der Waals surface area contributed by atoms with Crippen molar-refractivity contribution in [2.75, 3.05) is 36.9 Å². The minimum atomic E-state index is 0.506. The van der Waals surface area contributed by atoms with E-state index in [9.17, 15) is 0 Å². The highest BCUT2D eigenvalue weighted by atomic mass is 16.5. The monoisotopic (exact) mass is 347 g/mol. The number of hydrogen-bond acceptors (Lipinski definition) is 6. The molecule has 0 atom stereocenters. The first-order chi connectivity index (χ1) is 12.8. The molecule has 0 aliphatic carbocycles. The molecule has 1 aliphatic rings. The van der Waals surface area contributed by atoms with Crippen LogP contribution in [0.4, 0.5) is 11.6 Å². The Balaban J connectivity index is 1.78. The number of nitrogens with two attached hydrogens (primary N) is 1. The zero-order chi connectivity index (χ0) is 17.8. The van der Waals surface area contributed by atoms with Crippen molar-refractivity contribution in [3.8, 4) is 11.5 Å². The molecule has 1 aliphatic heterocycles. The van der Waals surface area contributed by atoms with E-state index in [0.29, 0.717) is 31.3 Å². The summed E-state index contributed by atoms with van der Waals surface area (Å²) in [5.41, 5.74) is 9.24. The first-order valence-corrected chi connectivity index (χ1v) is 8.75. The van der Waals surface area contributed by atoms with E-state index >= 15 is 0 Å². The topological polar surface area (TPSA) is 77.2 Å². The van der Waals surface area contributed by atoms with Gasteiger partial charge in [-0.05, 0) is 17.7 Å². The Morgan fingerprint density at radius 3 is 2.46 bits per heavy atom. The molecule has 0 unspecified atom stereocenters. The lowest BCUT2D eigenvalue weighted by atomic mass is 10.1. The summed E-state index contributed by atoms with van der Waals surface area (Å²) in [4.78, 5) is 16.0. The summed E-state index contributed by atoms with van der Waals surface area (Å²) in [5, 5.41) is 0. The molecule has 26 heavy (non-hydrogen) atoms. The molecule has 3 aromatic rings. The molecule has 0 saturated carbocycles. The summed E-state index contributed by atoms with van der Waals surface area (Å²) in [6.07, 6.45) is 2.43. The fourth-order valence-electron chi connectivity index (χ4n) is 3.10. The third-order valence-electron chi connectivity index (χ3n) is 4.45. The van der Waals surface area contributed by atoms with Gasteiger partial charge in [-0.15, -0.1) is 0 Å².